The Kier molecular flexibility index (Phi) is 3.82. The molecule has 0 saturated carbocycles. The number of aromatic nitrogens is 2. The number of nitrogens with one attached hydrogen (secondary N) is 1. The fourth-order valence-electron chi connectivity index (χ4n) is 1.18. The van der Waals surface area contributed by atoms with Gasteiger partial charge in [0.1, 0.15) is 10.6 Å². The highest BCUT2D eigenvalue weighted by Gasteiger charge is 2.17. The van der Waals surface area contributed by atoms with Crippen LogP contribution in [0.1, 0.15) is 10.9 Å². The van der Waals surface area contributed by atoms with E-state index in [0.717, 1.165) is 4.88 Å². The predicted octanol–water partition coefficient (Wildman–Crippen LogP) is 1.94. The van der Waals surface area contributed by atoms with Gasteiger partial charge in [-0.05, 0) is 27.4 Å². The van der Waals surface area contributed by atoms with Crippen molar-refractivity contribution in [2.75, 3.05) is 5.32 Å². The average molecular weight is 313 g/mol. The van der Waals surface area contributed by atoms with E-state index in [2.05, 4.69) is 31.2 Å². The summed E-state index contributed by atoms with van der Waals surface area (Å²) in [6.07, 6.45) is 2.97. The van der Waals surface area contributed by atoms with Gasteiger partial charge in [0.05, 0.1) is 12.4 Å². The maximum Gasteiger partial charge on any atom is 0.247 e. The van der Waals surface area contributed by atoms with Crippen LogP contribution in [0.2, 0.25) is 0 Å². The van der Waals surface area contributed by atoms with Crippen LogP contribution in [-0.4, -0.2) is 15.9 Å². The van der Waals surface area contributed by atoms with E-state index in [1.807, 2.05) is 17.5 Å². The molecule has 0 aliphatic rings. The van der Waals surface area contributed by atoms with Crippen molar-refractivity contribution in [3.05, 3.63) is 39.4 Å². The summed E-state index contributed by atoms with van der Waals surface area (Å²) < 4.78 is 0.609. The van der Waals surface area contributed by atoms with Crippen LogP contribution in [-0.2, 0) is 4.79 Å². The number of hydrogen-bond donors (Lipinski definition) is 2. The number of anilines is 1. The van der Waals surface area contributed by atoms with Gasteiger partial charge in [0.2, 0.25) is 5.91 Å². The number of hydrogen-bond acceptors (Lipinski definition) is 5. The van der Waals surface area contributed by atoms with E-state index in [4.69, 9.17) is 5.73 Å². The molecule has 1 amide bonds. The van der Waals surface area contributed by atoms with E-state index in [-0.39, 0.29) is 5.91 Å². The highest BCUT2D eigenvalue weighted by molar-refractivity contribution is 9.10. The third kappa shape index (κ3) is 3.09. The molecule has 0 aromatic carbocycles. The van der Waals surface area contributed by atoms with Crippen molar-refractivity contribution in [1.29, 1.82) is 0 Å². The van der Waals surface area contributed by atoms with E-state index >= 15 is 0 Å². The molecule has 2 heterocycles. The molecule has 88 valence electrons. The van der Waals surface area contributed by atoms with Gasteiger partial charge in [-0.1, -0.05) is 6.07 Å². The first-order valence-electron chi connectivity index (χ1n) is 4.74. The molecule has 0 aliphatic carbocycles. The van der Waals surface area contributed by atoms with Gasteiger partial charge < -0.3 is 11.1 Å². The summed E-state index contributed by atoms with van der Waals surface area (Å²) in [5.74, 6) is 0.0780. The first kappa shape index (κ1) is 12.2. The zero-order valence-corrected chi connectivity index (χ0v) is 11.0. The third-order valence-corrected chi connectivity index (χ3v) is 3.37. The number of carbonyl (C=O) groups is 1. The zero-order chi connectivity index (χ0) is 12.3. The number of carbonyl (C=O) groups excluding carboxylic acids is 1. The summed E-state index contributed by atoms with van der Waals surface area (Å²) in [6.45, 7) is 0. The van der Waals surface area contributed by atoms with Crippen molar-refractivity contribution in [2.24, 2.45) is 5.73 Å². The van der Waals surface area contributed by atoms with Crippen LogP contribution in [0.4, 0.5) is 5.82 Å². The molecule has 2 rings (SSSR count). The first-order chi connectivity index (χ1) is 8.16. The van der Waals surface area contributed by atoms with Gasteiger partial charge in [-0.2, -0.15) is 0 Å². The summed E-state index contributed by atoms with van der Waals surface area (Å²) in [5, 5.41) is 4.48. The Labute approximate surface area is 110 Å². The molecular formula is C10H9BrN4OS. The summed E-state index contributed by atoms with van der Waals surface area (Å²) in [7, 11) is 0. The second-order valence-corrected chi connectivity index (χ2v) is 5.00. The Bertz CT molecular complexity index is 500. The van der Waals surface area contributed by atoms with Crippen molar-refractivity contribution in [3.8, 4) is 0 Å². The summed E-state index contributed by atoms with van der Waals surface area (Å²) in [6, 6.07) is 3.00. The topological polar surface area (TPSA) is 80.9 Å². The third-order valence-electron chi connectivity index (χ3n) is 2.00. The lowest BCUT2D eigenvalue weighted by Crippen LogP contribution is -2.27. The molecule has 2 aromatic rings. The van der Waals surface area contributed by atoms with Crippen LogP contribution in [0.15, 0.2) is 34.5 Å². The first-order valence-corrected chi connectivity index (χ1v) is 6.41. The van der Waals surface area contributed by atoms with Gasteiger partial charge in [0.15, 0.2) is 5.82 Å². The van der Waals surface area contributed by atoms with Crippen molar-refractivity contribution >= 4 is 39.0 Å². The molecule has 0 fully saturated rings. The fourth-order valence-corrected chi connectivity index (χ4v) is 2.11. The SMILES string of the molecule is NC(C(=O)Nc1cnc(Br)cn1)c1cccs1. The summed E-state index contributed by atoms with van der Waals surface area (Å²) in [4.78, 5) is 20.5. The molecule has 7 heteroatoms. The lowest BCUT2D eigenvalue weighted by molar-refractivity contribution is -0.117. The lowest BCUT2D eigenvalue weighted by atomic mass is 10.2. The number of rotatable bonds is 3. The highest BCUT2D eigenvalue weighted by Crippen LogP contribution is 2.18. The average Bonchev–Trinajstić information content (AvgIpc) is 2.84. The minimum atomic E-state index is -0.680. The largest absolute Gasteiger partial charge is 0.316 e. The van der Waals surface area contributed by atoms with E-state index in [0.29, 0.717) is 10.4 Å². The maximum absolute atomic E-state index is 11.8. The van der Waals surface area contributed by atoms with Crippen LogP contribution >= 0.6 is 27.3 Å². The molecule has 0 spiro atoms. The lowest BCUT2D eigenvalue weighted by Gasteiger charge is -2.09. The van der Waals surface area contributed by atoms with Gasteiger partial charge >= 0.3 is 0 Å². The minimum absolute atomic E-state index is 0.302. The zero-order valence-electron chi connectivity index (χ0n) is 8.63. The number of nitrogens with two attached hydrogens (primary N) is 1. The maximum atomic E-state index is 11.8. The van der Waals surface area contributed by atoms with Crippen molar-refractivity contribution in [2.45, 2.75) is 6.04 Å². The molecule has 17 heavy (non-hydrogen) atoms. The van der Waals surface area contributed by atoms with Gasteiger partial charge in [0, 0.05) is 4.88 Å². The summed E-state index contributed by atoms with van der Waals surface area (Å²) >= 11 is 4.61. The number of halogens is 1. The molecule has 1 atom stereocenters. The molecule has 1 unspecified atom stereocenters. The molecule has 0 saturated heterocycles. The van der Waals surface area contributed by atoms with E-state index in [1.54, 1.807) is 0 Å². The molecule has 3 N–H and O–H groups in total. The Morgan fingerprint density at radius 1 is 1.47 bits per heavy atom. The number of thiophene rings is 1. The smallest absolute Gasteiger partial charge is 0.247 e. The fraction of sp³-hybridized carbons (Fsp3) is 0.100. The van der Waals surface area contributed by atoms with Crippen molar-refractivity contribution < 1.29 is 4.79 Å². The van der Waals surface area contributed by atoms with E-state index < -0.39 is 6.04 Å². The molecule has 0 radical (unpaired) electrons. The Morgan fingerprint density at radius 2 is 2.29 bits per heavy atom. The van der Waals surface area contributed by atoms with Crippen LogP contribution in [0.25, 0.3) is 0 Å². The van der Waals surface area contributed by atoms with Gasteiger partial charge in [-0.15, -0.1) is 11.3 Å². The van der Waals surface area contributed by atoms with Crippen LogP contribution in [0, 0.1) is 0 Å². The van der Waals surface area contributed by atoms with Crippen molar-refractivity contribution in [3.63, 3.8) is 0 Å². The Hall–Kier alpha value is -1.31. The van der Waals surface area contributed by atoms with Crippen LogP contribution < -0.4 is 11.1 Å². The molecule has 2 aromatic heterocycles. The van der Waals surface area contributed by atoms with Crippen LogP contribution in [0.3, 0.4) is 0 Å². The quantitative estimate of drug-likeness (QED) is 0.907. The Balaban J connectivity index is 2.04. The van der Waals surface area contributed by atoms with Crippen molar-refractivity contribution in [1.82, 2.24) is 9.97 Å². The van der Waals surface area contributed by atoms with Gasteiger partial charge in [0.25, 0.3) is 0 Å². The molecule has 0 aliphatic heterocycles. The second-order valence-electron chi connectivity index (χ2n) is 3.21. The molecule has 0 bridgehead atoms. The molecular weight excluding hydrogens is 304 g/mol. The number of nitrogens with zero attached hydrogens (tertiary/aromatic N) is 2. The number of amides is 1. The van der Waals surface area contributed by atoms with Gasteiger partial charge in [-0.3, -0.25) is 4.79 Å². The minimum Gasteiger partial charge on any atom is -0.316 e. The monoisotopic (exact) mass is 312 g/mol. The van der Waals surface area contributed by atoms with Crippen LogP contribution in [0.5, 0.6) is 0 Å². The van der Waals surface area contributed by atoms with E-state index in [1.165, 1.54) is 23.7 Å². The molecule has 5 nitrogen and oxygen atoms in total. The highest BCUT2D eigenvalue weighted by atomic mass is 79.9. The Morgan fingerprint density at radius 3 is 2.88 bits per heavy atom. The standard InChI is InChI=1S/C10H9BrN4OS/c11-7-4-14-8(5-13-7)15-10(16)9(12)6-2-1-3-17-6/h1-5,9H,12H2,(H,14,15,16). The second kappa shape index (κ2) is 5.35. The van der Waals surface area contributed by atoms with Gasteiger partial charge in [-0.25, -0.2) is 9.97 Å². The predicted molar refractivity (Wildman–Crippen MR) is 69.6 cm³/mol. The normalized spacial score (nSPS) is 12.1. The summed E-state index contributed by atoms with van der Waals surface area (Å²) in [5.41, 5.74) is 5.80. The van der Waals surface area contributed by atoms with E-state index in [9.17, 15) is 4.79 Å².